The number of rotatable bonds is 3. The number of amides is 1. The number of carboxylic acid groups (broad SMARTS) is 1. The number of carbonyl (C=O) groups excluding carboxylic acids is 1. The van der Waals surface area contributed by atoms with Gasteiger partial charge in [0.1, 0.15) is 11.0 Å². The average Bonchev–Trinajstić information content (AvgIpc) is 2.82. The number of carbonyl (C=O) groups is 2. The van der Waals surface area contributed by atoms with Crippen LogP contribution in [0.4, 0.5) is 4.39 Å². The minimum atomic E-state index is -1.51. The molecule has 0 aromatic carbocycles. The molecule has 19 heavy (non-hydrogen) atoms. The van der Waals surface area contributed by atoms with Crippen LogP contribution in [0.2, 0.25) is 5.15 Å². The van der Waals surface area contributed by atoms with Gasteiger partial charge in [0.2, 0.25) is 0 Å². The van der Waals surface area contributed by atoms with Crippen molar-refractivity contribution in [1.82, 2.24) is 10.3 Å². The van der Waals surface area contributed by atoms with Crippen LogP contribution in [-0.2, 0) is 9.53 Å². The van der Waals surface area contributed by atoms with Crippen LogP contribution in [0.25, 0.3) is 0 Å². The summed E-state index contributed by atoms with van der Waals surface area (Å²) in [5.74, 6) is -2.75. The third-order valence-electron chi connectivity index (χ3n) is 2.83. The number of nitrogens with zero attached hydrogens (tertiary/aromatic N) is 1. The second-order valence-corrected chi connectivity index (χ2v) is 4.49. The Balaban J connectivity index is 2.25. The molecule has 1 unspecified atom stereocenters. The molecule has 1 aliphatic heterocycles. The average molecular weight is 289 g/mol. The minimum absolute atomic E-state index is 0.133. The molecule has 0 saturated carbocycles. The molecular weight excluding hydrogens is 279 g/mol. The summed E-state index contributed by atoms with van der Waals surface area (Å²) in [6.45, 7) is 0.0795. The first-order valence-corrected chi connectivity index (χ1v) is 5.77. The van der Waals surface area contributed by atoms with E-state index >= 15 is 0 Å². The summed E-state index contributed by atoms with van der Waals surface area (Å²) in [6, 6.07) is 0.899. The van der Waals surface area contributed by atoms with Gasteiger partial charge >= 0.3 is 5.97 Å². The van der Waals surface area contributed by atoms with Crippen LogP contribution in [0, 0.1) is 5.82 Å². The number of aromatic nitrogens is 1. The Labute approximate surface area is 112 Å². The fourth-order valence-electron chi connectivity index (χ4n) is 1.75. The first-order chi connectivity index (χ1) is 8.94. The summed E-state index contributed by atoms with van der Waals surface area (Å²) in [6.07, 6.45) is 0.999. The molecule has 1 fully saturated rings. The van der Waals surface area contributed by atoms with Crippen LogP contribution in [0.5, 0.6) is 0 Å². The number of carboxylic acids is 1. The van der Waals surface area contributed by atoms with Gasteiger partial charge in [0.05, 0.1) is 18.4 Å². The smallest absolute Gasteiger partial charge is 0.331 e. The van der Waals surface area contributed by atoms with E-state index in [0.29, 0.717) is 0 Å². The molecule has 6 nitrogen and oxygen atoms in total. The minimum Gasteiger partial charge on any atom is -0.479 e. The fraction of sp³-hybridized carbons (Fsp3) is 0.364. The zero-order chi connectivity index (χ0) is 14.0. The molecule has 1 aliphatic rings. The molecule has 0 bridgehead atoms. The predicted octanol–water partition coefficient (Wildman–Crippen LogP) is 0.848. The molecule has 0 aliphatic carbocycles. The first kappa shape index (κ1) is 13.7. The molecule has 1 atom stereocenters. The molecule has 2 N–H and O–H groups in total. The molecular formula is C11H10ClFN2O4. The summed E-state index contributed by atoms with van der Waals surface area (Å²) in [7, 11) is 0. The third kappa shape index (κ3) is 2.66. The van der Waals surface area contributed by atoms with E-state index in [2.05, 4.69) is 10.3 Å². The molecule has 0 radical (unpaired) electrons. The fourth-order valence-corrected chi connectivity index (χ4v) is 1.94. The maximum atomic E-state index is 13.0. The lowest BCUT2D eigenvalue weighted by Gasteiger charge is -2.23. The topological polar surface area (TPSA) is 88.5 Å². The SMILES string of the molecule is O=C(NC1(C(=O)O)CCOC1)c1cc(F)cnc1Cl. The van der Waals surface area contributed by atoms with Gasteiger partial charge < -0.3 is 15.2 Å². The van der Waals surface area contributed by atoms with E-state index in [1.807, 2.05) is 0 Å². The molecule has 1 saturated heterocycles. The summed E-state index contributed by atoms with van der Waals surface area (Å²) in [5, 5.41) is 11.3. The lowest BCUT2D eigenvalue weighted by atomic mass is 9.98. The molecule has 1 aromatic rings. The highest BCUT2D eigenvalue weighted by molar-refractivity contribution is 6.32. The molecule has 102 valence electrons. The number of nitrogens with one attached hydrogen (secondary N) is 1. The molecule has 2 heterocycles. The maximum Gasteiger partial charge on any atom is 0.331 e. The number of pyridine rings is 1. The van der Waals surface area contributed by atoms with E-state index in [-0.39, 0.29) is 30.4 Å². The van der Waals surface area contributed by atoms with E-state index in [4.69, 9.17) is 21.4 Å². The monoisotopic (exact) mass is 288 g/mol. The quantitative estimate of drug-likeness (QED) is 0.805. The van der Waals surface area contributed by atoms with Crippen LogP contribution in [-0.4, -0.2) is 40.7 Å². The predicted molar refractivity (Wildman–Crippen MR) is 62.5 cm³/mol. The molecule has 2 rings (SSSR count). The van der Waals surface area contributed by atoms with Crippen molar-refractivity contribution in [3.05, 3.63) is 28.8 Å². The van der Waals surface area contributed by atoms with Gasteiger partial charge in [0, 0.05) is 13.0 Å². The van der Waals surface area contributed by atoms with Crippen molar-refractivity contribution < 1.29 is 23.8 Å². The van der Waals surface area contributed by atoms with Crippen molar-refractivity contribution in [2.75, 3.05) is 13.2 Å². The van der Waals surface area contributed by atoms with Gasteiger partial charge in [-0.05, 0) is 6.07 Å². The zero-order valence-corrected chi connectivity index (χ0v) is 10.4. The second kappa shape index (κ2) is 5.10. The molecule has 0 spiro atoms. The van der Waals surface area contributed by atoms with Gasteiger partial charge in [0.15, 0.2) is 5.54 Å². The Morgan fingerprint density at radius 1 is 1.58 bits per heavy atom. The van der Waals surface area contributed by atoms with Crippen LogP contribution in [0.3, 0.4) is 0 Å². The van der Waals surface area contributed by atoms with Crippen molar-refractivity contribution in [2.45, 2.75) is 12.0 Å². The lowest BCUT2D eigenvalue weighted by molar-refractivity contribution is -0.144. The van der Waals surface area contributed by atoms with E-state index < -0.39 is 23.2 Å². The maximum absolute atomic E-state index is 13.0. The summed E-state index contributed by atoms with van der Waals surface area (Å²) < 4.78 is 18.0. The summed E-state index contributed by atoms with van der Waals surface area (Å²) in [5.41, 5.74) is -1.72. The second-order valence-electron chi connectivity index (χ2n) is 4.14. The Bertz CT molecular complexity index is 531. The standard InChI is InChI=1S/C11H10ClFN2O4/c12-8-7(3-6(13)4-14-8)9(16)15-11(10(17)18)1-2-19-5-11/h3-4H,1-2,5H2,(H,15,16)(H,17,18). The number of hydrogen-bond donors (Lipinski definition) is 2. The highest BCUT2D eigenvalue weighted by Crippen LogP contribution is 2.21. The lowest BCUT2D eigenvalue weighted by Crippen LogP contribution is -2.55. The van der Waals surface area contributed by atoms with Gasteiger partial charge in [-0.3, -0.25) is 4.79 Å². The van der Waals surface area contributed by atoms with Gasteiger partial charge in [0.25, 0.3) is 5.91 Å². The molecule has 1 amide bonds. The van der Waals surface area contributed by atoms with Crippen molar-refractivity contribution >= 4 is 23.5 Å². The van der Waals surface area contributed by atoms with Gasteiger partial charge in [-0.2, -0.15) is 0 Å². The Morgan fingerprint density at radius 3 is 2.89 bits per heavy atom. The zero-order valence-electron chi connectivity index (χ0n) is 9.65. The third-order valence-corrected chi connectivity index (χ3v) is 3.14. The Hall–Kier alpha value is -1.73. The van der Waals surface area contributed by atoms with Crippen molar-refractivity contribution in [2.24, 2.45) is 0 Å². The number of hydrogen-bond acceptors (Lipinski definition) is 4. The Kier molecular flexibility index (Phi) is 3.68. The van der Waals surface area contributed by atoms with Gasteiger partial charge in [-0.15, -0.1) is 0 Å². The van der Waals surface area contributed by atoms with Crippen LogP contribution < -0.4 is 5.32 Å². The van der Waals surface area contributed by atoms with Crippen LogP contribution in [0.1, 0.15) is 16.8 Å². The highest BCUT2D eigenvalue weighted by Gasteiger charge is 2.44. The van der Waals surface area contributed by atoms with Crippen LogP contribution in [0.15, 0.2) is 12.3 Å². The summed E-state index contributed by atoms with van der Waals surface area (Å²) >= 11 is 5.68. The van der Waals surface area contributed by atoms with E-state index in [0.717, 1.165) is 12.3 Å². The molecule has 8 heteroatoms. The normalized spacial score (nSPS) is 22.2. The summed E-state index contributed by atoms with van der Waals surface area (Å²) in [4.78, 5) is 26.7. The largest absolute Gasteiger partial charge is 0.479 e. The number of halogens is 2. The number of aliphatic carboxylic acids is 1. The number of ether oxygens (including phenoxy) is 1. The highest BCUT2D eigenvalue weighted by atomic mass is 35.5. The van der Waals surface area contributed by atoms with Crippen molar-refractivity contribution in [3.63, 3.8) is 0 Å². The van der Waals surface area contributed by atoms with Gasteiger partial charge in [-0.1, -0.05) is 11.6 Å². The van der Waals surface area contributed by atoms with Crippen LogP contribution >= 0.6 is 11.6 Å². The van der Waals surface area contributed by atoms with Crippen molar-refractivity contribution in [1.29, 1.82) is 0 Å². The Morgan fingerprint density at radius 2 is 2.32 bits per heavy atom. The van der Waals surface area contributed by atoms with Crippen molar-refractivity contribution in [3.8, 4) is 0 Å². The van der Waals surface area contributed by atoms with E-state index in [9.17, 15) is 14.0 Å². The first-order valence-electron chi connectivity index (χ1n) is 5.39. The van der Waals surface area contributed by atoms with E-state index in [1.165, 1.54) is 0 Å². The molecule has 1 aromatic heterocycles. The van der Waals surface area contributed by atoms with Gasteiger partial charge in [-0.25, -0.2) is 14.2 Å². The van der Waals surface area contributed by atoms with E-state index in [1.54, 1.807) is 0 Å².